The van der Waals surface area contributed by atoms with Crippen LogP contribution < -0.4 is 21.0 Å². The molecule has 0 amide bonds. The molecule has 2 heterocycles. The van der Waals surface area contributed by atoms with Crippen LogP contribution in [0.25, 0.3) is 0 Å². The molecule has 16 heavy (non-hydrogen) atoms. The Balaban J connectivity index is 1.87. The van der Waals surface area contributed by atoms with Crippen molar-refractivity contribution in [2.75, 3.05) is 11.7 Å². The molecule has 0 fully saturated rings. The molecule has 8 nitrogen and oxygen atoms in total. The largest absolute Gasteiger partial charge is 0.289 e. The molecule has 0 saturated heterocycles. The molecule has 0 bridgehead atoms. The van der Waals surface area contributed by atoms with Gasteiger partial charge in [-0.25, -0.2) is 0 Å². The van der Waals surface area contributed by atoms with Gasteiger partial charge in [-0.2, -0.15) is 0 Å². The van der Waals surface area contributed by atoms with Crippen molar-refractivity contribution >= 4 is 0 Å². The van der Waals surface area contributed by atoms with Gasteiger partial charge in [0.2, 0.25) is 12.7 Å². The van der Waals surface area contributed by atoms with Crippen molar-refractivity contribution in [1.29, 1.82) is 0 Å². The van der Waals surface area contributed by atoms with Crippen molar-refractivity contribution in [1.82, 2.24) is 19.6 Å². The second-order valence-electron chi connectivity index (χ2n) is 3.14. The average Bonchev–Trinajstić information content (AvgIpc) is 2.83. The van der Waals surface area contributed by atoms with Crippen molar-refractivity contribution < 1.29 is 9.35 Å². The number of nitrogens with zero attached hydrogens (tertiary/aromatic N) is 6. The first kappa shape index (κ1) is 9.97. The smallest absolute Gasteiger partial charge is 0.286 e. The highest BCUT2D eigenvalue weighted by Gasteiger charge is 2.00. The zero-order valence-electron chi connectivity index (χ0n) is 8.56. The van der Waals surface area contributed by atoms with E-state index in [-0.39, 0.29) is 0 Å². The molecule has 0 saturated carbocycles. The molecule has 2 aromatic heterocycles. The Morgan fingerprint density at radius 3 is 1.69 bits per heavy atom. The standard InChI is InChI=1S/C8H12N8/c9-13-5-11-15(7-13)3-1-2-4-16-8-14(10)6-12-16/h5-8H,3-4,9-10H2/q+2. The summed E-state index contributed by atoms with van der Waals surface area (Å²) in [6.45, 7) is 0.988. The van der Waals surface area contributed by atoms with Gasteiger partial charge >= 0.3 is 0 Å². The van der Waals surface area contributed by atoms with Crippen LogP contribution in [0.3, 0.4) is 0 Å². The second kappa shape index (κ2) is 4.31. The molecule has 0 aliphatic heterocycles. The van der Waals surface area contributed by atoms with E-state index < -0.39 is 0 Å². The highest BCUT2D eigenvalue weighted by Crippen LogP contribution is 1.77. The van der Waals surface area contributed by atoms with Crippen LogP contribution in [0.2, 0.25) is 0 Å². The molecule has 0 radical (unpaired) electrons. The van der Waals surface area contributed by atoms with E-state index in [9.17, 15) is 0 Å². The van der Waals surface area contributed by atoms with Gasteiger partial charge in [-0.05, 0) is 0 Å². The molecular weight excluding hydrogens is 208 g/mol. The van der Waals surface area contributed by atoms with E-state index in [2.05, 4.69) is 22.0 Å². The molecule has 2 rings (SSSR count). The van der Waals surface area contributed by atoms with Crippen LogP contribution in [0.15, 0.2) is 25.3 Å². The summed E-state index contributed by atoms with van der Waals surface area (Å²) in [5, 5.41) is 7.94. The van der Waals surface area contributed by atoms with E-state index in [0.717, 1.165) is 0 Å². The number of hydrogen-bond donors (Lipinski definition) is 2. The van der Waals surface area contributed by atoms with Gasteiger partial charge in [-0.1, -0.05) is 11.8 Å². The summed E-state index contributed by atoms with van der Waals surface area (Å²) in [6.07, 6.45) is 6.31. The van der Waals surface area contributed by atoms with Crippen LogP contribution in [-0.4, -0.2) is 19.6 Å². The molecule has 2 aromatic rings. The molecule has 0 aromatic carbocycles. The molecule has 0 aliphatic carbocycles. The van der Waals surface area contributed by atoms with Crippen molar-refractivity contribution in [2.45, 2.75) is 13.1 Å². The lowest BCUT2D eigenvalue weighted by Crippen LogP contribution is -2.42. The van der Waals surface area contributed by atoms with Gasteiger partial charge in [0, 0.05) is 10.2 Å². The quantitative estimate of drug-likeness (QED) is 0.316. The van der Waals surface area contributed by atoms with E-state index in [4.69, 9.17) is 11.7 Å². The van der Waals surface area contributed by atoms with E-state index in [1.165, 1.54) is 22.0 Å². The molecule has 0 atom stereocenters. The lowest BCUT2D eigenvalue weighted by molar-refractivity contribution is -0.639. The maximum absolute atomic E-state index is 5.43. The maximum Gasteiger partial charge on any atom is 0.286 e. The van der Waals surface area contributed by atoms with Gasteiger partial charge in [-0.15, -0.1) is 18.7 Å². The number of nitrogen functional groups attached to an aromatic ring is 2. The van der Waals surface area contributed by atoms with Crippen LogP contribution in [-0.2, 0) is 13.1 Å². The predicted molar refractivity (Wildman–Crippen MR) is 52.9 cm³/mol. The SMILES string of the molecule is N[n+]1cnn(CC#CCn2c[n+](N)cn2)c1. The van der Waals surface area contributed by atoms with Gasteiger partial charge in [0.15, 0.2) is 13.1 Å². The summed E-state index contributed by atoms with van der Waals surface area (Å²) in [7, 11) is 0. The lowest BCUT2D eigenvalue weighted by atomic mass is 10.5. The number of aromatic nitrogens is 6. The Labute approximate surface area is 91.6 Å². The first-order chi connectivity index (χ1) is 7.74. The zero-order chi connectivity index (χ0) is 11.4. The van der Waals surface area contributed by atoms with Crippen LogP contribution in [0.1, 0.15) is 0 Å². The third-order valence-electron chi connectivity index (χ3n) is 1.81. The summed E-state index contributed by atoms with van der Waals surface area (Å²) in [5.41, 5.74) is 0. The molecule has 4 N–H and O–H groups in total. The highest BCUT2D eigenvalue weighted by atomic mass is 15.4. The van der Waals surface area contributed by atoms with Gasteiger partial charge in [0.05, 0.1) is 0 Å². The predicted octanol–water partition coefficient (Wildman–Crippen LogP) is -3.21. The summed E-state index contributed by atoms with van der Waals surface area (Å²) in [4.78, 5) is 0. The topological polar surface area (TPSA) is 95.4 Å². The van der Waals surface area contributed by atoms with Crippen LogP contribution in [0.4, 0.5) is 0 Å². The Bertz CT molecular complexity index is 481. The van der Waals surface area contributed by atoms with Crippen LogP contribution >= 0.6 is 0 Å². The molecule has 0 spiro atoms. The van der Waals surface area contributed by atoms with Gasteiger partial charge < -0.3 is 0 Å². The van der Waals surface area contributed by atoms with E-state index in [0.29, 0.717) is 13.1 Å². The summed E-state index contributed by atoms with van der Waals surface area (Å²) in [5.74, 6) is 16.7. The summed E-state index contributed by atoms with van der Waals surface area (Å²) >= 11 is 0. The van der Waals surface area contributed by atoms with Crippen LogP contribution in [0, 0.1) is 11.8 Å². The molecule has 0 unspecified atom stereocenters. The maximum atomic E-state index is 5.43. The molecule has 82 valence electrons. The Morgan fingerprint density at radius 1 is 0.938 bits per heavy atom. The minimum Gasteiger partial charge on any atom is -0.289 e. The van der Waals surface area contributed by atoms with Crippen molar-refractivity contribution in [3.63, 3.8) is 0 Å². The third kappa shape index (κ3) is 2.48. The van der Waals surface area contributed by atoms with E-state index >= 15 is 0 Å². The van der Waals surface area contributed by atoms with Crippen molar-refractivity contribution in [3.8, 4) is 11.8 Å². The van der Waals surface area contributed by atoms with Gasteiger partial charge in [0.1, 0.15) is 0 Å². The normalized spacial score (nSPS) is 9.75. The van der Waals surface area contributed by atoms with Crippen molar-refractivity contribution in [2.24, 2.45) is 0 Å². The first-order valence-corrected chi connectivity index (χ1v) is 4.57. The van der Waals surface area contributed by atoms with E-state index in [1.54, 1.807) is 22.0 Å². The zero-order valence-corrected chi connectivity index (χ0v) is 8.56. The number of nitrogens with two attached hydrogens (primary N) is 2. The highest BCUT2D eigenvalue weighted by molar-refractivity contribution is 4.97. The van der Waals surface area contributed by atoms with Gasteiger partial charge in [-0.3, -0.25) is 11.7 Å². The van der Waals surface area contributed by atoms with Crippen LogP contribution in [0.5, 0.6) is 0 Å². The summed E-state index contributed by atoms with van der Waals surface area (Å²) < 4.78 is 6.01. The molecular formula is C8H12N8+2. The first-order valence-electron chi connectivity index (χ1n) is 4.57. The monoisotopic (exact) mass is 220 g/mol. The summed E-state index contributed by atoms with van der Waals surface area (Å²) in [6, 6.07) is 0. The molecule has 8 heteroatoms. The molecule has 0 aliphatic rings. The minimum absolute atomic E-state index is 0.494. The fraction of sp³-hybridized carbons (Fsp3) is 0.250. The minimum atomic E-state index is 0.494. The Hall–Kier alpha value is -2.56. The Morgan fingerprint density at radius 2 is 1.38 bits per heavy atom. The third-order valence-corrected chi connectivity index (χ3v) is 1.81. The fourth-order valence-corrected chi connectivity index (χ4v) is 1.12. The number of rotatable bonds is 2. The van der Waals surface area contributed by atoms with Gasteiger partial charge in [0.25, 0.3) is 12.7 Å². The van der Waals surface area contributed by atoms with Crippen molar-refractivity contribution in [3.05, 3.63) is 25.3 Å². The fourth-order valence-electron chi connectivity index (χ4n) is 1.12. The van der Waals surface area contributed by atoms with E-state index in [1.807, 2.05) is 0 Å². The number of hydrogen-bond acceptors (Lipinski definition) is 4. The second-order valence-corrected chi connectivity index (χ2v) is 3.14. The Kier molecular flexibility index (Phi) is 2.69. The lowest BCUT2D eigenvalue weighted by Gasteiger charge is -1.82. The average molecular weight is 220 g/mol.